The first-order chi connectivity index (χ1) is 9.40. The van der Waals surface area contributed by atoms with Crippen LogP contribution in [0.15, 0.2) is 27.9 Å². The Hall–Kier alpha value is -2.84. The number of hydrogen-bond donors (Lipinski definition) is 3. The summed E-state index contributed by atoms with van der Waals surface area (Å²) in [5.74, 6) is -6.09. The van der Waals surface area contributed by atoms with Crippen molar-refractivity contribution in [1.29, 1.82) is 0 Å². The second kappa shape index (κ2) is 5.03. The van der Waals surface area contributed by atoms with Crippen LogP contribution in [0, 0.1) is 17.5 Å². The summed E-state index contributed by atoms with van der Waals surface area (Å²) < 4.78 is 39.1. The Bertz CT molecular complexity index is 797. The first-order valence-corrected chi connectivity index (χ1v) is 5.17. The molecule has 9 heteroatoms. The van der Waals surface area contributed by atoms with Crippen LogP contribution in [0.4, 0.5) is 18.9 Å². The monoisotopic (exact) mass is 285 g/mol. The van der Waals surface area contributed by atoms with E-state index in [1.54, 1.807) is 0 Å². The standard InChI is InChI=1S/C11H6F3N3O3/c12-5-2-1-4(7(13)8(5)14)9(18)16-6-3-15-11(20)17-10(6)19/h1-3H,(H,16,18)(H2,15,17,19,20). The van der Waals surface area contributed by atoms with Gasteiger partial charge in [-0.05, 0) is 12.1 Å². The normalized spacial score (nSPS) is 10.3. The number of aromatic nitrogens is 2. The van der Waals surface area contributed by atoms with Gasteiger partial charge in [0.2, 0.25) is 0 Å². The number of nitrogens with one attached hydrogen (secondary N) is 3. The lowest BCUT2D eigenvalue weighted by Crippen LogP contribution is -2.27. The van der Waals surface area contributed by atoms with E-state index in [0.29, 0.717) is 6.07 Å². The molecule has 2 rings (SSSR count). The van der Waals surface area contributed by atoms with Gasteiger partial charge in [0.1, 0.15) is 5.69 Å². The molecule has 0 bridgehead atoms. The summed E-state index contributed by atoms with van der Waals surface area (Å²) in [5, 5.41) is 1.96. The molecule has 6 nitrogen and oxygen atoms in total. The molecule has 0 saturated carbocycles. The number of H-pyrrole nitrogens is 2. The fraction of sp³-hybridized carbons (Fsp3) is 0. The van der Waals surface area contributed by atoms with Crippen LogP contribution in [0.5, 0.6) is 0 Å². The van der Waals surface area contributed by atoms with Gasteiger partial charge in [-0.1, -0.05) is 0 Å². The van der Waals surface area contributed by atoms with E-state index in [1.807, 2.05) is 10.3 Å². The highest BCUT2D eigenvalue weighted by Gasteiger charge is 2.19. The summed E-state index contributed by atoms with van der Waals surface area (Å²) in [7, 11) is 0. The van der Waals surface area contributed by atoms with Gasteiger partial charge in [0, 0.05) is 6.20 Å². The van der Waals surface area contributed by atoms with Crippen molar-refractivity contribution < 1.29 is 18.0 Å². The van der Waals surface area contributed by atoms with Crippen LogP contribution in [0.2, 0.25) is 0 Å². The molecule has 0 atom stereocenters. The van der Waals surface area contributed by atoms with E-state index in [9.17, 15) is 27.6 Å². The third kappa shape index (κ3) is 2.46. The van der Waals surface area contributed by atoms with Crippen LogP contribution in [-0.2, 0) is 0 Å². The van der Waals surface area contributed by atoms with E-state index in [1.165, 1.54) is 0 Å². The Balaban J connectivity index is 2.36. The highest BCUT2D eigenvalue weighted by molar-refractivity contribution is 6.04. The van der Waals surface area contributed by atoms with Crippen molar-refractivity contribution in [2.45, 2.75) is 0 Å². The van der Waals surface area contributed by atoms with Crippen LogP contribution >= 0.6 is 0 Å². The summed E-state index contributed by atoms with van der Waals surface area (Å²) in [5.41, 5.74) is -2.88. The third-order valence-corrected chi connectivity index (χ3v) is 2.35. The minimum Gasteiger partial charge on any atom is -0.316 e. The molecule has 0 saturated heterocycles. The lowest BCUT2D eigenvalue weighted by atomic mass is 10.2. The van der Waals surface area contributed by atoms with E-state index < -0.39 is 40.2 Å². The van der Waals surface area contributed by atoms with Crippen LogP contribution in [-0.4, -0.2) is 15.9 Å². The first kappa shape index (κ1) is 13.6. The number of benzene rings is 1. The number of carbonyl (C=O) groups excluding carboxylic acids is 1. The molecule has 1 heterocycles. The maximum Gasteiger partial charge on any atom is 0.325 e. The van der Waals surface area contributed by atoms with Crippen molar-refractivity contribution in [3.05, 3.63) is 62.2 Å². The quantitative estimate of drug-likeness (QED) is 0.710. The SMILES string of the molecule is O=C(Nc1c[nH]c(=O)[nH]c1=O)c1ccc(F)c(F)c1F. The van der Waals surface area contributed by atoms with Crippen molar-refractivity contribution in [3.63, 3.8) is 0 Å². The van der Waals surface area contributed by atoms with Crippen LogP contribution in [0.25, 0.3) is 0 Å². The maximum absolute atomic E-state index is 13.4. The van der Waals surface area contributed by atoms with E-state index in [-0.39, 0.29) is 5.69 Å². The van der Waals surface area contributed by atoms with Crippen molar-refractivity contribution in [2.75, 3.05) is 5.32 Å². The number of amides is 1. The summed E-state index contributed by atoms with van der Waals surface area (Å²) in [6.07, 6.45) is 0.886. The molecule has 0 fully saturated rings. The van der Waals surface area contributed by atoms with Gasteiger partial charge in [0.05, 0.1) is 5.56 Å². The highest BCUT2D eigenvalue weighted by atomic mass is 19.2. The number of rotatable bonds is 2. The highest BCUT2D eigenvalue weighted by Crippen LogP contribution is 2.15. The topological polar surface area (TPSA) is 94.8 Å². The minimum atomic E-state index is -1.80. The zero-order valence-electron chi connectivity index (χ0n) is 9.59. The zero-order chi connectivity index (χ0) is 14.9. The number of anilines is 1. The number of aromatic amines is 2. The summed E-state index contributed by atoms with van der Waals surface area (Å²) in [6, 6.07) is 1.30. The number of carbonyl (C=O) groups is 1. The molecule has 3 N–H and O–H groups in total. The molecule has 20 heavy (non-hydrogen) atoms. The molecular weight excluding hydrogens is 279 g/mol. The van der Waals surface area contributed by atoms with E-state index in [4.69, 9.17) is 0 Å². The Morgan fingerprint density at radius 2 is 1.80 bits per heavy atom. The Kier molecular flexibility index (Phi) is 3.42. The van der Waals surface area contributed by atoms with E-state index in [2.05, 4.69) is 4.98 Å². The van der Waals surface area contributed by atoms with Gasteiger partial charge in [-0.3, -0.25) is 14.6 Å². The fourth-order valence-corrected chi connectivity index (χ4v) is 1.39. The molecule has 0 spiro atoms. The van der Waals surface area contributed by atoms with Crippen molar-refractivity contribution in [2.24, 2.45) is 0 Å². The number of hydrogen-bond acceptors (Lipinski definition) is 3. The fourth-order valence-electron chi connectivity index (χ4n) is 1.39. The van der Waals surface area contributed by atoms with Crippen LogP contribution in [0.1, 0.15) is 10.4 Å². The maximum atomic E-state index is 13.4. The smallest absolute Gasteiger partial charge is 0.316 e. The molecule has 1 aromatic heterocycles. The molecule has 1 aromatic carbocycles. The molecule has 0 unspecified atom stereocenters. The number of halogens is 3. The van der Waals surface area contributed by atoms with Gasteiger partial charge in [-0.25, -0.2) is 18.0 Å². The first-order valence-electron chi connectivity index (χ1n) is 5.17. The van der Waals surface area contributed by atoms with Gasteiger partial charge in [0.15, 0.2) is 17.5 Å². The van der Waals surface area contributed by atoms with Crippen molar-refractivity contribution >= 4 is 11.6 Å². The molecule has 0 aliphatic carbocycles. The lowest BCUT2D eigenvalue weighted by Gasteiger charge is -2.05. The van der Waals surface area contributed by atoms with Gasteiger partial charge < -0.3 is 10.3 Å². The molecule has 0 aliphatic heterocycles. The molecule has 0 radical (unpaired) electrons. The zero-order valence-corrected chi connectivity index (χ0v) is 9.59. The van der Waals surface area contributed by atoms with Crippen LogP contribution in [0.3, 0.4) is 0 Å². The Morgan fingerprint density at radius 1 is 1.10 bits per heavy atom. The molecular formula is C11H6F3N3O3. The molecule has 2 aromatic rings. The predicted molar refractivity (Wildman–Crippen MR) is 62.0 cm³/mol. The van der Waals surface area contributed by atoms with Crippen molar-refractivity contribution in [1.82, 2.24) is 9.97 Å². The van der Waals surface area contributed by atoms with E-state index >= 15 is 0 Å². The van der Waals surface area contributed by atoms with Gasteiger partial charge >= 0.3 is 5.69 Å². The molecule has 1 amide bonds. The Morgan fingerprint density at radius 3 is 2.45 bits per heavy atom. The van der Waals surface area contributed by atoms with Gasteiger partial charge in [-0.2, -0.15) is 0 Å². The average Bonchev–Trinajstić information content (AvgIpc) is 2.39. The van der Waals surface area contributed by atoms with E-state index in [0.717, 1.165) is 12.3 Å². The van der Waals surface area contributed by atoms with Gasteiger partial charge in [0.25, 0.3) is 11.5 Å². The second-order valence-corrected chi connectivity index (χ2v) is 3.66. The Labute approximate surface area is 108 Å². The van der Waals surface area contributed by atoms with Gasteiger partial charge in [-0.15, -0.1) is 0 Å². The summed E-state index contributed by atoms with van der Waals surface area (Å²) in [6.45, 7) is 0. The molecule has 0 aliphatic rings. The lowest BCUT2D eigenvalue weighted by molar-refractivity contribution is 0.102. The average molecular weight is 285 g/mol. The van der Waals surface area contributed by atoms with Crippen molar-refractivity contribution in [3.8, 4) is 0 Å². The third-order valence-electron chi connectivity index (χ3n) is 2.35. The summed E-state index contributed by atoms with van der Waals surface area (Å²) in [4.78, 5) is 37.6. The van der Waals surface area contributed by atoms with Crippen LogP contribution < -0.4 is 16.6 Å². The largest absolute Gasteiger partial charge is 0.325 e. The molecule has 104 valence electrons. The summed E-state index contributed by atoms with van der Waals surface area (Å²) >= 11 is 0. The second-order valence-electron chi connectivity index (χ2n) is 3.66. The minimum absolute atomic E-state index is 0.376. The predicted octanol–water partition coefficient (Wildman–Crippen LogP) is 0.733.